The smallest absolute Gasteiger partial charge is 0.338 e. The second-order valence-corrected chi connectivity index (χ2v) is 6.13. The highest BCUT2D eigenvalue weighted by atomic mass is 16.5. The fourth-order valence-corrected chi connectivity index (χ4v) is 2.55. The monoisotopic (exact) mass is 362 g/mol. The molecule has 5 heteroatoms. The Morgan fingerprint density at radius 3 is 2.44 bits per heavy atom. The Morgan fingerprint density at radius 1 is 1.19 bits per heavy atom. The molecule has 0 radical (unpaired) electrons. The van der Waals surface area contributed by atoms with Crippen molar-refractivity contribution in [2.24, 2.45) is 0 Å². The zero-order valence-corrected chi connectivity index (χ0v) is 15.7. The first-order valence-corrected chi connectivity index (χ1v) is 8.70. The van der Waals surface area contributed by atoms with Crippen LogP contribution in [0, 0.1) is 11.3 Å². The van der Waals surface area contributed by atoms with Crippen molar-refractivity contribution >= 4 is 23.6 Å². The summed E-state index contributed by atoms with van der Waals surface area (Å²) < 4.78 is 4.74. The predicted molar refractivity (Wildman–Crippen MR) is 105 cm³/mol. The van der Waals surface area contributed by atoms with E-state index >= 15 is 0 Å². The molecule has 138 valence electrons. The third kappa shape index (κ3) is 5.05. The number of nitrogens with one attached hydrogen (secondary N) is 1. The van der Waals surface area contributed by atoms with E-state index < -0.39 is 11.9 Å². The minimum absolute atomic E-state index is 0.0997. The van der Waals surface area contributed by atoms with Crippen molar-refractivity contribution in [3.63, 3.8) is 0 Å². The van der Waals surface area contributed by atoms with Gasteiger partial charge in [-0.1, -0.05) is 44.2 Å². The molecule has 0 heterocycles. The van der Waals surface area contributed by atoms with Crippen LogP contribution in [-0.2, 0) is 9.53 Å². The Kier molecular flexibility index (Phi) is 6.90. The normalized spacial score (nSPS) is 12.0. The lowest BCUT2D eigenvalue weighted by atomic mass is 9.98. The molecule has 2 aromatic carbocycles. The molecule has 27 heavy (non-hydrogen) atoms. The molecule has 1 atom stereocenters. The lowest BCUT2D eigenvalue weighted by Gasteiger charge is -2.10. The van der Waals surface area contributed by atoms with E-state index in [0.717, 1.165) is 6.42 Å². The summed E-state index contributed by atoms with van der Waals surface area (Å²) in [5, 5.41) is 12.1. The number of anilines is 1. The van der Waals surface area contributed by atoms with E-state index in [1.165, 1.54) is 18.7 Å². The fourth-order valence-electron chi connectivity index (χ4n) is 2.55. The van der Waals surface area contributed by atoms with Gasteiger partial charge in [-0.2, -0.15) is 5.26 Å². The molecule has 0 saturated heterocycles. The topological polar surface area (TPSA) is 79.2 Å². The van der Waals surface area contributed by atoms with E-state index in [4.69, 9.17) is 4.74 Å². The largest absolute Gasteiger partial charge is 0.465 e. The number of nitrogens with zero attached hydrogens (tertiary/aromatic N) is 1. The van der Waals surface area contributed by atoms with Crippen LogP contribution in [-0.4, -0.2) is 19.0 Å². The number of esters is 1. The molecule has 0 aromatic heterocycles. The van der Waals surface area contributed by atoms with Crippen LogP contribution < -0.4 is 5.32 Å². The Hall–Kier alpha value is -3.39. The molecule has 2 aromatic rings. The van der Waals surface area contributed by atoms with Gasteiger partial charge in [0.15, 0.2) is 0 Å². The highest BCUT2D eigenvalue weighted by Gasteiger charge is 2.14. The summed E-state index contributed by atoms with van der Waals surface area (Å²) in [7, 11) is 1.28. The Balaban J connectivity index is 2.23. The van der Waals surface area contributed by atoms with Gasteiger partial charge in [0.2, 0.25) is 0 Å². The molecule has 0 unspecified atom stereocenters. The second kappa shape index (κ2) is 9.35. The third-order valence-electron chi connectivity index (χ3n) is 4.38. The van der Waals surface area contributed by atoms with Crippen molar-refractivity contribution in [2.75, 3.05) is 12.4 Å². The molecule has 0 aliphatic heterocycles. The first kappa shape index (κ1) is 19.9. The number of nitriles is 1. The quantitative estimate of drug-likeness (QED) is 0.465. The van der Waals surface area contributed by atoms with Crippen LogP contribution in [0.4, 0.5) is 5.69 Å². The molecule has 0 bridgehead atoms. The highest BCUT2D eigenvalue weighted by molar-refractivity contribution is 6.10. The van der Waals surface area contributed by atoms with Gasteiger partial charge in [-0.05, 0) is 47.7 Å². The molecule has 0 aliphatic rings. The van der Waals surface area contributed by atoms with Gasteiger partial charge in [0.1, 0.15) is 11.6 Å². The third-order valence-corrected chi connectivity index (χ3v) is 4.38. The highest BCUT2D eigenvalue weighted by Crippen LogP contribution is 2.21. The maximum absolute atomic E-state index is 12.5. The summed E-state index contributed by atoms with van der Waals surface area (Å²) in [4.78, 5) is 24.3. The van der Waals surface area contributed by atoms with E-state index in [1.54, 1.807) is 24.3 Å². The average Bonchev–Trinajstić information content (AvgIpc) is 2.71. The maximum atomic E-state index is 12.5. The van der Waals surface area contributed by atoms with Crippen molar-refractivity contribution in [1.29, 1.82) is 5.26 Å². The van der Waals surface area contributed by atoms with E-state index in [0.29, 0.717) is 22.7 Å². The summed E-state index contributed by atoms with van der Waals surface area (Å²) in [6, 6.07) is 16.1. The number of amides is 1. The molecule has 5 nitrogen and oxygen atoms in total. The van der Waals surface area contributed by atoms with Gasteiger partial charge in [-0.3, -0.25) is 4.79 Å². The van der Waals surface area contributed by atoms with Gasteiger partial charge in [0.05, 0.1) is 12.7 Å². The first-order valence-electron chi connectivity index (χ1n) is 8.70. The molecule has 2 rings (SSSR count). The van der Waals surface area contributed by atoms with Gasteiger partial charge in [-0.25, -0.2) is 4.79 Å². The number of benzene rings is 2. The van der Waals surface area contributed by atoms with Crippen molar-refractivity contribution in [3.05, 3.63) is 70.8 Å². The van der Waals surface area contributed by atoms with Gasteiger partial charge in [0.25, 0.3) is 5.91 Å². The van der Waals surface area contributed by atoms with Crippen LogP contribution in [0.2, 0.25) is 0 Å². The Morgan fingerprint density at radius 2 is 1.85 bits per heavy atom. The van der Waals surface area contributed by atoms with E-state index in [9.17, 15) is 14.9 Å². The Labute approximate surface area is 159 Å². The minimum Gasteiger partial charge on any atom is -0.465 e. The van der Waals surface area contributed by atoms with Crippen molar-refractivity contribution in [1.82, 2.24) is 0 Å². The second-order valence-electron chi connectivity index (χ2n) is 6.13. The van der Waals surface area contributed by atoms with Gasteiger partial charge in [0, 0.05) is 5.69 Å². The summed E-state index contributed by atoms with van der Waals surface area (Å²) in [5.41, 5.74) is 2.44. The van der Waals surface area contributed by atoms with E-state index in [1.807, 2.05) is 30.3 Å². The predicted octanol–water partition coefficient (Wildman–Crippen LogP) is 4.53. The number of rotatable bonds is 6. The molecular formula is C22H22N2O3. The zero-order valence-electron chi connectivity index (χ0n) is 15.7. The summed E-state index contributed by atoms with van der Waals surface area (Å²) in [5.74, 6) is -0.618. The van der Waals surface area contributed by atoms with Crippen LogP contribution in [0.25, 0.3) is 6.08 Å². The molecule has 0 fully saturated rings. The molecule has 0 aliphatic carbocycles. The minimum atomic E-state index is -0.534. The molecular weight excluding hydrogens is 340 g/mol. The van der Waals surface area contributed by atoms with E-state index in [2.05, 4.69) is 19.2 Å². The number of methoxy groups -OCH3 is 1. The lowest BCUT2D eigenvalue weighted by Crippen LogP contribution is -2.14. The number of carbonyl (C=O) groups is 2. The van der Waals surface area contributed by atoms with Crippen molar-refractivity contribution < 1.29 is 14.3 Å². The zero-order chi connectivity index (χ0) is 19.8. The number of hydrogen-bond donors (Lipinski definition) is 1. The number of carbonyl (C=O) groups excluding carboxylic acids is 2. The van der Waals surface area contributed by atoms with Crippen LogP contribution in [0.15, 0.2) is 54.1 Å². The van der Waals surface area contributed by atoms with Crippen molar-refractivity contribution in [3.8, 4) is 6.07 Å². The summed E-state index contributed by atoms with van der Waals surface area (Å²) in [6.45, 7) is 4.26. The molecule has 1 N–H and O–H groups in total. The molecule has 0 spiro atoms. The van der Waals surface area contributed by atoms with Gasteiger partial charge >= 0.3 is 5.97 Å². The average molecular weight is 362 g/mol. The standard InChI is InChI=1S/C22H22N2O3/c1-4-15(2)16-9-11-19(12-10-16)24-21(25)18(14-23)13-17-7-5-6-8-20(17)22(26)27-3/h5-13,15H,4H2,1-3H3,(H,24,25)/b18-13+/t15-/m1/s1. The van der Waals surface area contributed by atoms with Crippen LogP contribution in [0.3, 0.4) is 0 Å². The van der Waals surface area contributed by atoms with Crippen LogP contribution >= 0.6 is 0 Å². The fraction of sp³-hybridized carbons (Fsp3) is 0.227. The van der Waals surface area contributed by atoms with Gasteiger partial charge < -0.3 is 10.1 Å². The number of ether oxygens (including phenoxy) is 1. The summed E-state index contributed by atoms with van der Waals surface area (Å²) >= 11 is 0. The van der Waals surface area contributed by atoms with Crippen molar-refractivity contribution in [2.45, 2.75) is 26.2 Å². The van der Waals surface area contributed by atoms with Crippen LogP contribution in [0.1, 0.15) is 47.7 Å². The van der Waals surface area contributed by atoms with E-state index in [-0.39, 0.29) is 5.57 Å². The Bertz CT molecular complexity index is 893. The van der Waals surface area contributed by atoms with Gasteiger partial charge in [-0.15, -0.1) is 0 Å². The SMILES string of the molecule is CC[C@@H](C)c1ccc(NC(=O)/C(C#N)=C/c2ccccc2C(=O)OC)cc1. The lowest BCUT2D eigenvalue weighted by molar-refractivity contribution is -0.112. The molecule has 0 saturated carbocycles. The summed E-state index contributed by atoms with van der Waals surface area (Å²) in [6.07, 6.45) is 2.42. The molecule has 1 amide bonds. The van der Waals surface area contributed by atoms with Crippen LogP contribution in [0.5, 0.6) is 0 Å². The first-order chi connectivity index (χ1) is 13.0. The maximum Gasteiger partial charge on any atom is 0.338 e. The number of hydrogen-bond acceptors (Lipinski definition) is 4.